The largest absolute Gasteiger partial charge is 0.410 e. The molecule has 2 aromatic rings. The lowest BCUT2D eigenvalue weighted by atomic mass is 10.0. The Labute approximate surface area is 120 Å². The molecule has 20 heavy (non-hydrogen) atoms. The Morgan fingerprint density at radius 2 is 1.70 bits per heavy atom. The van der Waals surface area contributed by atoms with E-state index in [0.717, 1.165) is 34.6 Å². The number of benzene rings is 1. The maximum atomic E-state index is 9.78. The van der Waals surface area contributed by atoms with Crippen molar-refractivity contribution in [2.75, 3.05) is 0 Å². The van der Waals surface area contributed by atoms with Crippen LogP contribution in [-0.4, -0.2) is 20.4 Å². The molecule has 0 fully saturated rings. The third kappa shape index (κ3) is 3.83. The molecule has 0 aliphatic carbocycles. The summed E-state index contributed by atoms with van der Waals surface area (Å²) in [5, 5.41) is 17.6. The minimum Gasteiger partial charge on any atom is -0.410 e. The molecule has 0 bridgehead atoms. The second-order valence-electron chi connectivity index (χ2n) is 5.16. The lowest BCUT2D eigenvalue weighted by molar-refractivity contribution is 0.134. The van der Waals surface area contributed by atoms with Crippen LogP contribution in [0, 0.1) is 0 Å². The molecule has 2 rings (SSSR count). The molecular weight excluding hydrogens is 250 g/mol. The Bertz CT molecular complexity index is 508. The highest BCUT2D eigenvalue weighted by atomic mass is 16.5. The number of unbranched alkanes of at least 4 members (excludes halogenated alkanes) is 5. The fraction of sp³-hybridized carbons (Fsp3) is 0.500. The molecule has 0 atom stereocenters. The molecule has 0 aliphatic rings. The van der Waals surface area contributed by atoms with Gasteiger partial charge in [0.1, 0.15) is 11.4 Å². The summed E-state index contributed by atoms with van der Waals surface area (Å²) in [7, 11) is 0. The van der Waals surface area contributed by atoms with Gasteiger partial charge in [-0.15, -0.1) is 5.10 Å². The van der Waals surface area contributed by atoms with Crippen molar-refractivity contribution in [1.29, 1.82) is 0 Å². The Morgan fingerprint density at radius 3 is 2.45 bits per heavy atom. The smallest absolute Gasteiger partial charge is 0.120 e. The summed E-state index contributed by atoms with van der Waals surface area (Å²) >= 11 is 0. The Kier molecular flexibility index (Phi) is 5.59. The van der Waals surface area contributed by atoms with Crippen LogP contribution in [0.15, 0.2) is 30.3 Å². The molecule has 0 unspecified atom stereocenters. The Morgan fingerprint density at radius 1 is 1.00 bits per heavy atom. The molecule has 0 radical (unpaired) electrons. The quantitative estimate of drug-likeness (QED) is 0.582. The molecule has 0 saturated carbocycles. The molecule has 108 valence electrons. The van der Waals surface area contributed by atoms with Crippen LogP contribution in [0.3, 0.4) is 0 Å². The van der Waals surface area contributed by atoms with Gasteiger partial charge in [0.15, 0.2) is 0 Å². The maximum absolute atomic E-state index is 9.78. The van der Waals surface area contributed by atoms with E-state index < -0.39 is 0 Å². The van der Waals surface area contributed by atoms with Crippen LogP contribution >= 0.6 is 0 Å². The fourth-order valence-corrected chi connectivity index (χ4v) is 2.41. The second-order valence-corrected chi connectivity index (χ2v) is 5.16. The van der Waals surface area contributed by atoms with E-state index in [-0.39, 0.29) is 0 Å². The highest BCUT2D eigenvalue weighted by Crippen LogP contribution is 2.22. The van der Waals surface area contributed by atoms with Crippen molar-refractivity contribution < 1.29 is 5.21 Å². The Hall–Kier alpha value is -1.84. The van der Waals surface area contributed by atoms with Crippen LogP contribution in [0.5, 0.6) is 0 Å². The number of hydrogen-bond acceptors (Lipinski definition) is 3. The van der Waals surface area contributed by atoms with Gasteiger partial charge in [-0.3, -0.25) is 0 Å². The van der Waals surface area contributed by atoms with Gasteiger partial charge in [-0.2, -0.15) is 0 Å². The van der Waals surface area contributed by atoms with Crippen LogP contribution in [0.1, 0.15) is 51.1 Å². The summed E-state index contributed by atoms with van der Waals surface area (Å²) in [6.07, 6.45) is 8.23. The topological polar surface area (TPSA) is 50.9 Å². The molecule has 0 aliphatic heterocycles. The van der Waals surface area contributed by atoms with E-state index in [0.29, 0.717) is 0 Å². The summed E-state index contributed by atoms with van der Waals surface area (Å²) < 4.78 is 0. The first-order chi connectivity index (χ1) is 9.83. The van der Waals surface area contributed by atoms with E-state index in [2.05, 4.69) is 17.2 Å². The average Bonchev–Trinajstić information content (AvgIpc) is 2.85. The zero-order chi connectivity index (χ0) is 14.2. The molecule has 4 nitrogen and oxygen atoms in total. The van der Waals surface area contributed by atoms with Crippen molar-refractivity contribution >= 4 is 0 Å². The van der Waals surface area contributed by atoms with E-state index >= 15 is 0 Å². The average molecular weight is 273 g/mol. The number of nitrogens with zero attached hydrogens (tertiary/aromatic N) is 3. The molecule has 0 saturated heterocycles. The standard InChI is InChI=1S/C16H23N3O/c1-2-3-4-5-6-10-13-15-16(17-18-19(15)20)14-11-8-7-9-12-14/h7-9,11-12,20H,2-6,10,13H2,1H3. The summed E-state index contributed by atoms with van der Waals surface area (Å²) in [6.45, 7) is 2.22. The summed E-state index contributed by atoms with van der Waals surface area (Å²) in [6, 6.07) is 9.91. The van der Waals surface area contributed by atoms with Crippen molar-refractivity contribution in [3.63, 3.8) is 0 Å². The van der Waals surface area contributed by atoms with Crippen LogP contribution in [-0.2, 0) is 6.42 Å². The van der Waals surface area contributed by atoms with Gasteiger partial charge in [0.05, 0.1) is 0 Å². The molecule has 1 aromatic heterocycles. The van der Waals surface area contributed by atoms with E-state index in [1.54, 1.807) is 0 Å². The zero-order valence-electron chi connectivity index (χ0n) is 12.1. The maximum Gasteiger partial charge on any atom is 0.120 e. The van der Waals surface area contributed by atoms with Gasteiger partial charge < -0.3 is 5.21 Å². The summed E-state index contributed by atoms with van der Waals surface area (Å²) in [5.74, 6) is 0. The minimum atomic E-state index is 0.793. The molecule has 1 heterocycles. The van der Waals surface area contributed by atoms with Crippen molar-refractivity contribution in [2.45, 2.75) is 51.9 Å². The van der Waals surface area contributed by atoms with E-state index in [9.17, 15) is 5.21 Å². The lowest BCUT2D eigenvalue weighted by Gasteiger charge is -2.04. The SMILES string of the molecule is CCCCCCCCc1c(-c2ccccc2)nnn1O. The van der Waals surface area contributed by atoms with Gasteiger partial charge in [-0.05, 0) is 18.1 Å². The van der Waals surface area contributed by atoms with Gasteiger partial charge in [0.2, 0.25) is 0 Å². The molecule has 0 spiro atoms. The molecule has 1 N–H and O–H groups in total. The van der Waals surface area contributed by atoms with Gasteiger partial charge in [-0.1, -0.05) is 74.2 Å². The first-order valence-electron chi connectivity index (χ1n) is 7.52. The van der Waals surface area contributed by atoms with Gasteiger partial charge in [-0.25, -0.2) is 0 Å². The third-order valence-corrected chi connectivity index (χ3v) is 3.56. The second kappa shape index (κ2) is 7.68. The van der Waals surface area contributed by atoms with E-state index in [4.69, 9.17) is 0 Å². The third-order valence-electron chi connectivity index (χ3n) is 3.56. The number of hydrogen-bond donors (Lipinski definition) is 1. The van der Waals surface area contributed by atoms with Gasteiger partial charge in [0.25, 0.3) is 0 Å². The predicted octanol–water partition coefficient (Wildman–Crippen LogP) is 4.09. The zero-order valence-corrected chi connectivity index (χ0v) is 12.1. The number of aromatic nitrogens is 3. The minimum absolute atomic E-state index is 0.793. The van der Waals surface area contributed by atoms with Crippen molar-refractivity contribution in [1.82, 2.24) is 15.2 Å². The van der Waals surface area contributed by atoms with E-state index in [1.165, 1.54) is 32.1 Å². The first kappa shape index (κ1) is 14.6. The van der Waals surface area contributed by atoms with Crippen molar-refractivity contribution in [3.8, 4) is 11.3 Å². The Balaban J connectivity index is 1.93. The monoisotopic (exact) mass is 273 g/mol. The molecule has 4 heteroatoms. The van der Waals surface area contributed by atoms with Crippen LogP contribution < -0.4 is 0 Å². The molecule has 0 amide bonds. The fourth-order valence-electron chi connectivity index (χ4n) is 2.41. The van der Waals surface area contributed by atoms with E-state index in [1.807, 2.05) is 30.3 Å². The van der Waals surface area contributed by atoms with Gasteiger partial charge >= 0.3 is 0 Å². The number of rotatable bonds is 8. The molecular formula is C16H23N3O. The predicted molar refractivity (Wildman–Crippen MR) is 79.7 cm³/mol. The van der Waals surface area contributed by atoms with Crippen molar-refractivity contribution in [3.05, 3.63) is 36.0 Å². The lowest BCUT2D eigenvalue weighted by Crippen LogP contribution is -2.01. The normalized spacial score (nSPS) is 10.8. The van der Waals surface area contributed by atoms with Gasteiger partial charge in [0, 0.05) is 5.56 Å². The highest BCUT2D eigenvalue weighted by molar-refractivity contribution is 5.60. The first-order valence-corrected chi connectivity index (χ1v) is 7.52. The summed E-state index contributed by atoms with van der Waals surface area (Å²) in [5.41, 5.74) is 2.61. The van der Waals surface area contributed by atoms with Crippen LogP contribution in [0.2, 0.25) is 0 Å². The highest BCUT2D eigenvalue weighted by Gasteiger charge is 2.13. The van der Waals surface area contributed by atoms with Crippen LogP contribution in [0.4, 0.5) is 0 Å². The van der Waals surface area contributed by atoms with Crippen LogP contribution in [0.25, 0.3) is 11.3 Å². The van der Waals surface area contributed by atoms with Crippen molar-refractivity contribution in [2.24, 2.45) is 0 Å². The summed E-state index contributed by atoms with van der Waals surface area (Å²) in [4.78, 5) is 0.925. The molecule has 1 aromatic carbocycles.